The van der Waals surface area contributed by atoms with Gasteiger partial charge in [-0.15, -0.1) is 11.3 Å². The molecule has 1 aromatic heterocycles. The lowest BCUT2D eigenvalue weighted by atomic mass is 10.2. The molecule has 1 aliphatic heterocycles. The highest BCUT2D eigenvalue weighted by Gasteiger charge is 2.17. The van der Waals surface area contributed by atoms with Crippen LogP contribution in [0.15, 0.2) is 46.8 Å². The first-order chi connectivity index (χ1) is 13.7. The molecule has 2 aromatic rings. The number of hydrogen-bond donors (Lipinski definition) is 3. The van der Waals surface area contributed by atoms with Gasteiger partial charge in [-0.05, 0) is 55.3 Å². The third kappa shape index (κ3) is 6.27. The summed E-state index contributed by atoms with van der Waals surface area (Å²) in [5, 5.41) is 11.8. The second-order valence-corrected chi connectivity index (χ2v) is 7.81. The Hall–Kier alpha value is -2.54. The molecule has 0 atom stereocenters. The number of guanidine groups is 1. The van der Waals surface area contributed by atoms with Crippen molar-refractivity contribution in [3.63, 3.8) is 0 Å². The molecule has 1 aliphatic rings. The molecule has 2 heterocycles. The second kappa shape index (κ2) is 10.7. The lowest BCUT2D eigenvalue weighted by Crippen LogP contribution is -2.38. The summed E-state index contributed by atoms with van der Waals surface area (Å²) < 4.78 is 0. The van der Waals surface area contributed by atoms with E-state index in [0.717, 1.165) is 62.7 Å². The Balaban J connectivity index is 1.53. The highest BCUT2D eigenvalue weighted by Crippen LogP contribution is 2.14. The van der Waals surface area contributed by atoms with Crippen molar-refractivity contribution in [1.82, 2.24) is 15.5 Å². The average molecular weight is 400 g/mol. The first-order valence-corrected chi connectivity index (χ1v) is 10.8. The standard InChI is InChI=1S/C21H29N5OS/c1-2-22-20(23-11-10-19-9-6-14-28-19)24-16-17-7-5-8-18(15-17)25-21(27)26-12-3-4-13-26/h5-9,14-15H,2-4,10-13,16H2,1H3,(H,25,27)(H2,22,23,24). The number of nitrogens with one attached hydrogen (secondary N) is 3. The van der Waals surface area contributed by atoms with Gasteiger partial charge in [0.15, 0.2) is 5.96 Å². The summed E-state index contributed by atoms with van der Waals surface area (Å²) in [6.07, 6.45) is 3.17. The van der Waals surface area contributed by atoms with Crippen LogP contribution in [0, 0.1) is 0 Å². The summed E-state index contributed by atoms with van der Waals surface area (Å²) in [5.74, 6) is 0.811. The molecule has 0 aliphatic carbocycles. The molecule has 2 amide bonds. The maximum absolute atomic E-state index is 12.3. The number of nitrogens with zero attached hydrogens (tertiary/aromatic N) is 2. The van der Waals surface area contributed by atoms with E-state index >= 15 is 0 Å². The normalized spacial score (nSPS) is 14.2. The number of carbonyl (C=O) groups excluding carboxylic acids is 1. The zero-order chi connectivity index (χ0) is 19.6. The van der Waals surface area contributed by atoms with Gasteiger partial charge >= 0.3 is 6.03 Å². The van der Waals surface area contributed by atoms with Gasteiger partial charge in [0.1, 0.15) is 0 Å². The summed E-state index contributed by atoms with van der Waals surface area (Å²) >= 11 is 1.78. The summed E-state index contributed by atoms with van der Waals surface area (Å²) in [6.45, 7) is 5.97. The third-order valence-electron chi connectivity index (χ3n) is 4.58. The molecule has 1 saturated heterocycles. The molecule has 0 radical (unpaired) electrons. The topological polar surface area (TPSA) is 68.8 Å². The number of rotatable bonds is 7. The quantitative estimate of drug-likeness (QED) is 0.491. The molecule has 0 bridgehead atoms. The summed E-state index contributed by atoms with van der Waals surface area (Å²) in [6, 6.07) is 12.1. The number of thiophene rings is 1. The third-order valence-corrected chi connectivity index (χ3v) is 5.52. The summed E-state index contributed by atoms with van der Waals surface area (Å²) in [7, 11) is 0. The van der Waals surface area contributed by atoms with Gasteiger partial charge in [0, 0.05) is 36.7 Å². The van der Waals surface area contributed by atoms with Gasteiger partial charge < -0.3 is 20.9 Å². The zero-order valence-electron chi connectivity index (χ0n) is 16.4. The molecule has 28 heavy (non-hydrogen) atoms. The minimum absolute atomic E-state index is 0.0123. The SMILES string of the molecule is CCNC(=NCc1cccc(NC(=O)N2CCCC2)c1)NCCc1cccs1. The van der Waals surface area contributed by atoms with Gasteiger partial charge in [0.2, 0.25) is 0 Å². The van der Waals surface area contributed by atoms with Gasteiger partial charge in [0.25, 0.3) is 0 Å². The molecular formula is C21H29N5OS. The van der Waals surface area contributed by atoms with E-state index in [1.165, 1.54) is 4.88 Å². The predicted octanol–water partition coefficient (Wildman–Crippen LogP) is 3.67. The molecule has 150 valence electrons. The van der Waals surface area contributed by atoms with Crippen molar-refractivity contribution in [2.24, 2.45) is 4.99 Å². The van der Waals surface area contributed by atoms with Gasteiger partial charge in [-0.25, -0.2) is 9.79 Å². The number of carbonyl (C=O) groups is 1. The maximum Gasteiger partial charge on any atom is 0.321 e. The number of aliphatic imine (C=N–C) groups is 1. The Morgan fingerprint density at radius 3 is 2.79 bits per heavy atom. The van der Waals surface area contributed by atoms with E-state index in [1.807, 2.05) is 29.2 Å². The molecule has 7 heteroatoms. The van der Waals surface area contributed by atoms with Crippen molar-refractivity contribution in [3.05, 3.63) is 52.2 Å². The number of likely N-dealkylation sites (tertiary alicyclic amines) is 1. The van der Waals surface area contributed by atoms with E-state index in [1.54, 1.807) is 11.3 Å². The predicted molar refractivity (Wildman–Crippen MR) is 117 cm³/mol. The van der Waals surface area contributed by atoms with E-state index < -0.39 is 0 Å². The second-order valence-electron chi connectivity index (χ2n) is 6.78. The lowest BCUT2D eigenvalue weighted by molar-refractivity contribution is 0.222. The van der Waals surface area contributed by atoms with Crippen LogP contribution in [0.3, 0.4) is 0 Å². The Bertz CT molecular complexity index is 769. The number of hydrogen-bond acceptors (Lipinski definition) is 3. The Labute approximate surface area is 171 Å². The summed E-state index contributed by atoms with van der Waals surface area (Å²) in [4.78, 5) is 20.2. The van der Waals surface area contributed by atoms with Crippen LogP contribution in [0.2, 0.25) is 0 Å². The van der Waals surface area contributed by atoms with Gasteiger partial charge in [0.05, 0.1) is 6.54 Å². The number of anilines is 1. The van der Waals surface area contributed by atoms with Crippen LogP contribution in [0.4, 0.5) is 10.5 Å². The van der Waals surface area contributed by atoms with Crippen molar-refractivity contribution in [2.45, 2.75) is 32.7 Å². The molecule has 1 aromatic carbocycles. The minimum atomic E-state index is -0.0123. The van der Waals surface area contributed by atoms with Crippen molar-refractivity contribution < 1.29 is 4.79 Å². The zero-order valence-corrected chi connectivity index (χ0v) is 17.2. The molecule has 0 saturated carbocycles. The molecular weight excluding hydrogens is 370 g/mol. The largest absolute Gasteiger partial charge is 0.357 e. The van der Waals surface area contributed by atoms with Crippen molar-refractivity contribution in [1.29, 1.82) is 0 Å². The summed E-state index contributed by atoms with van der Waals surface area (Å²) in [5.41, 5.74) is 1.88. The average Bonchev–Trinajstić information content (AvgIpc) is 3.40. The highest BCUT2D eigenvalue weighted by atomic mass is 32.1. The van der Waals surface area contributed by atoms with E-state index in [0.29, 0.717) is 6.54 Å². The first-order valence-electron chi connectivity index (χ1n) is 9.94. The molecule has 0 unspecified atom stereocenters. The van der Waals surface area contributed by atoms with Crippen LogP contribution in [0.5, 0.6) is 0 Å². The van der Waals surface area contributed by atoms with Crippen molar-refractivity contribution in [3.8, 4) is 0 Å². The Morgan fingerprint density at radius 1 is 1.18 bits per heavy atom. The van der Waals surface area contributed by atoms with Crippen LogP contribution in [0.25, 0.3) is 0 Å². The molecule has 6 nitrogen and oxygen atoms in total. The van der Waals surface area contributed by atoms with E-state index in [9.17, 15) is 4.79 Å². The smallest absolute Gasteiger partial charge is 0.321 e. The Morgan fingerprint density at radius 2 is 2.04 bits per heavy atom. The Kier molecular flexibility index (Phi) is 7.72. The molecule has 3 N–H and O–H groups in total. The lowest BCUT2D eigenvalue weighted by Gasteiger charge is -2.16. The molecule has 3 rings (SSSR count). The van der Waals surface area contributed by atoms with E-state index in [2.05, 4.69) is 45.4 Å². The minimum Gasteiger partial charge on any atom is -0.357 e. The fraction of sp³-hybridized carbons (Fsp3) is 0.429. The molecule has 0 spiro atoms. The van der Waals surface area contributed by atoms with Crippen LogP contribution < -0.4 is 16.0 Å². The van der Waals surface area contributed by atoms with E-state index in [4.69, 9.17) is 0 Å². The van der Waals surface area contributed by atoms with E-state index in [-0.39, 0.29) is 6.03 Å². The highest BCUT2D eigenvalue weighted by molar-refractivity contribution is 7.09. The first kappa shape index (κ1) is 20.2. The van der Waals surface area contributed by atoms with Crippen molar-refractivity contribution in [2.75, 3.05) is 31.5 Å². The molecule has 1 fully saturated rings. The van der Waals surface area contributed by atoms with Crippen LogP contribution in [0.1, 0.15) is 30.2 Å². The van der Waals surface area contributed by atoms with Gasteiger partial charge in [-0.1, -0.05) is 18.2 Å². The number of urea groups is 1. The number of amides is 2. The number of benzene rings is 1. The van der Waals surface area contributed by atoms with Gasteiger partial charge in [-0.3, -0.25) is 0 Å². The van der Waals surface area contributed by atoms with Crippen LogP contribution in [-0.2, 0) is 13.0 Å². The fourth-order valence-corrected chi connectivity index (χ4v) is 3.85. The van der Waals surface area contributed by atoms with Crippen LogP contribution in [-0.4, -0.2) is 43.1 Å². The van der Waals surface area contributed by atoms with Gasteiger partial charge in [-0.2, -0.15) is 0 Å². The van der Waals surface area contributed by atoms with Crippen molar-refractivity contribution >= 4 is 29.0 Å². The maximum atomic E-state index is 12.3. The monoisotopic (exact) mass is 399 g/mol. The fourth-order valence-electron chi connectivity index (χ4n) is 3.14. The van der Waals surface area contributed by atoms with Crippen LogP contribution >= 0.6 is 11.3 Å².